The molecule has 1 atom stereocenters. The molecule has 1 aliphatic heterocycles. The van der Waals surface area contributed by atoms with Crippen LogP contribution >= 0.6 is 0 Å². The van der Waals surface area contributed by atoms with Gasteiger partial charge in [-0.2, -0.15) is 5.10 Å². The fourth-order valence-corrected chi connectivity index (χ4v) is 5.27. The number of sulfonamides is 1. The van der Waals surface area contributed by atoms with Crippen LogP contribution in [0.2, 0.25) is 0 Å². The highest BCUT2D eigenvalue weighted by Crippen LogP contribution is 2.39. The molecule has 3 aromatic rings. The number of fused-ring (bicyclic) bond motifs is 1. The summed E-state index contributed by atoms with van der Waals surface area (Å²) in [6.07, 6.45) is 0. The molecule has 0 aliphatic carbocycles. The Labute approximate surface area is 188 Å². The number of benzene rings is 2. The summed E-state index contributed by atoms with van der Waals surface area (Å²) in [5.41, 5.74) is 2.44. The smallest absolute Gasteiger partial charge is 0.249 e. The molecule has 0 saturated heterocycles. The second kappa shape index (κ2) is 8.40. The van der Waals surface area contributed by atoms with Crippen LogP contribution in [0.15, 0.2) is 59.5 Å². The summed E-state index contributed by atoms with van der Waals surface area (Å²) in [7, 11) is -0.719. The maximum Gasteiger partial charge on any atom is 0.249 e. The highest BCUT2D eigenvalue weighted by Gasteiger charge is 2.34. The molecular weight excluding hydrogens is 428 g/mol. The van der Waals surface area contributed by atoms with Crippen LogP contribution in [0.5, 0.6) is 5.75 Å². The Hall–Kier alpha value is -3.17. The minimum atomic E-state index is -3.68. The van der Waals surface area contributed by atoms with Crippen molar-refractivity contribution in [1.82, 2.24) is 14.1 Å². The number of anilines is 1. The number of hydrogen-bond acceptors (Lipinski definition) is 5. The predicted molar refractivity (Wildman–Crippen MR) is 121 cm³/mol. The maximum atomic E-state index is 13.6. The van der Waals surface area contributed by atoms with E-state index in [0.717, 1.165) is 9.87 Å². The lowest BCUT2D eigenvalue weighted by Gasteiger charge is -2.37. The minimum Gasteiger partial charge on any atom is -0.489 e. The van der Waals surface area contributed by atoms with E-state index in [-0.39, 0.29) is 23.4 Å². The number of rotatable bonds is 5. The average molecular weight is 455 g/mol. The standard InChI is InChI=1S/C23H26N4O4S/c1-16-23(32(29,30)25(3)4)17(2)26(24-16)14-22(28)27-19-12-8-9-13-21(19)31-15-20(27)18-10-6-5-7-11-18/h5-13,20H,14-15H2,1-4H3. The van der Waals surface area contributed by atoms with Crippen LogP contribution in [-0.2, 0) is 21.4 Å². The van der Waals surface area contributed by atoms with Crippen molar-refractivity contribution in [2.24, 2.45) is 0 Å². The van der Waals surface area contributed by atoms with E-state index in [9.17, 15) is 13.2 Å². The summed E-state index contributed by atoms with van der Waals surface area (Å²) in [6.45, 7) is 3.55. The molecule has 8 nitrogen and oxygen atoms in total. The van der Waals surface area contributed by atoms with E-state index in [1.807, 2.05) is 54.6 Å². The Morgan fingerprint density at radius 1 is 1.09 bits per heavy atom. The topological polar surface area (TPSA) is 84.7 Å². The van der Waals surface area contributed by atoms with E-state index in [4.69, 9.17) is 4.74 Å². The first-order valence-electron chi connectivity index (χ1n) is 10.3. The number of hydrogen-bond donors (Lipinski definition) is 0. The van der Waals surface area contributed by atoms with Crippen molar-refractivity contribution in [3.05, 3.63) is 71.5 Å². The largest absolute Gasteiger partial charge is 0.489 e. The van der Waals surface area contributed by atoms with Gasteiger partial charge in [0, 0.05) is 14.1 Å². The SMILES string of the molecule is Cc1nn(CC(=O)N2c3ccccc3OCC2c2ccccc2)c(C)c1S(=O)(=O)N(C)C. The van der Waals surface area contributed by atoms with Gasteiger partial charge in [-0.3, -0.25) is 14.4 Å². The lowest BCUT2D eigenvalue weighted by atomic mass is 10.0. The molecule has 2 heterocycles. The summed E-state index contributed by atoms with van der Waals surface area (Å²) in [6, 6.07) is 16.8. The van der Waals surface area contributed by atoms with Crippen molar-refractivity contribution in [2.75, 3.05) is 25.6 Å². The maximum absolute atomic E-state index is 13.6. The number of aryl methyl sites for hydroxylation is 1. The summed E-state index contributed by atoms with van der Waals surface area (Å²) in [5, 5.41) is 4.38. The van der Waals surface area contributed by atoms with Crippen molar-refractivity contribution in [3.8, 4) is 5.75 Å². The number of aromatic nitrogens is 2. The van der Waals surface area contributed by atoms with Crippen molar-refractivity contribution in [3.63, 3.8) is 0 Å². The molecule has 1 aliphatic rings. The molecule has 2 aromatic carbocycles. The zero-order valence-corrected chi connectivity index (χ0v) is 19.3. The van der Waals surface area contributed by atoms with Gasteiger partial charge < -0.3 is 4.74 Å². The van der Waals surface area contributed by atoms with E-state index in [1.165, 1.54) is 18.8 Å². The third-order valence-corrected chi connectivity index (χ3v) is 7.69. The van der Waals surface area contributed by atoms with Gasteiger partial charge in [0.2, 0.25) is 15.9 Å². The van der Waals surface area contributed by atoms with E-state index < -0.39 is 10.0 Å². The van der Waals surface area contributed by atoms with E-state index in [2.05, 4.69) is 5.10 Å². The average Bonchev–Trinajstić information content (AvgIpc) is 3.06. The Balaban J connectivity index is 1.73. The lowest BCUT2D eigenvalue weighted by molar-refractivity contribution is -0.120. The third kappa shape index (κ3) is 3.78. The number of ether oxygens (including phenoxy) is 1. The molecule has 32 heavy (non-hydrogen) atoms. The summed E-state index contributed by atoms with van der Waals surface area (Å²) in [5.74, 6) is 0.436. The summed E-state index contributed by atoms with van der Waals surface area (Å²) >= 11 is 0. The Morgan fingerprint density at radius 2 is 1.75 bits per heavy atom. The van der Waals surface area contributed by atoms with E-state index >= 15 is 0 Å². The molecule has 1 unspecified atom stereocenters. The van der Waals surface area contributed by atoms with E-state index in [0.29, 0.717) is 29.4 Å². The second-order valence-corrected chi connectivity index (χ2v) is 10.0. The Kier molecular flexibility index (Phi) is 5.79. The van der Waals surface area contributed by atoms with Crippen LogP contribution in [0.1, 0.15) is 23.0 Å². The molecular formula is C23H26N4O4S. The molecule has 0 saturated carbocycles. The molecule has 1 amide bonds. The minimum absolute atomic E-state index is 0.0900. The fraction of sp³-hybridized carbons (Fsp3) is 0.304. The fourth-order valence-electron chi connectivity index (χ4n) is 4.01. The van der Waals surface area contributed by atoms with Crippen molar-refractivity contribution in [1.29, 1.82) is 0 Å². The summed E-state index contributed by atoms with van der Waals surface area (Å²) < 4.78 is 34.0. The molecule has 0 radical (unpaired) electrons. The first-order chi connectivity index (χ1) is 15.2. The number of carbonyl (C=O) groups is 1. The highest BCUT2D eigenvalue weighted by molar-refractivity contribution is 7.89. The summed E-state index contributed by atoms with van der Waals surface area (Å²) in [4.78, 5) is 15.5. The predicted octanol–water partition coefficient (Wildman–Crippen LogP) is 2.92. The second-order valence-electron chi connectivity index (χ2n) is 7.91. The first kappa shape index (κ1) is 22.0. The molecule has 0 fully saturated rings. The van der Waals surface area contributed by atoms with Gasteiger partial charge >= 0.3 is 0 Å². The molecule has 168 valence electrons. The van der Waals surface area contributed by atoms with Crippen molar-refractivity contribution in [2.45, 2.75) is 31.3 Å². The molecule has 9 heteroatoms. The number of nitrogens with zero attached hydrogens (tertiary/aromatic N) is 4. The van der Waals surface area contributed by atoms with Gasteiger partial charge in [-0.25, -0.2) is 12.7 Å². The van der Waals surface area contributed by atoms with Crippen LogP contribution in [0.3, 0.4) is 0 Å². The number of amides is 1. The van der Waals surface area contributed by atoms with E-state index in [1.54, 1.807) is 18.7 Å². The van der Waals surface area contributed by atoms with Crippen molar-refractivity contribution < 1.29 is 17.9 Å². The number of para-hydroxylation sites is 2. The van der Waals surface area contributed by atoms with Gasteiger partial charge in [0.05, 0.1) is 23.1 Å². The zero-order valence-electron chi connectivity index (χ0n) is 18.5. The monoisotopic (exact) mass is 454 g/mol. The van der Waals surface area contributed by atoms with Crippen LogP contribution in [0.4, 0.5) is 5.69 Å². The van der Waals surface area contributed by atoms with Gasteiger partial charge in [0.25, 0.3) is 0 Å². The lowest BCUT2D eigenvalue weighted by Crippen LogP contribution is -2.43. The van der Waals surface area contributed by atoms with Gasteiger partial charge in [0.1, 0.15) is 23.8 Å². The van der Waals surface area contributed by atoms with Gasteiger partial charge in [0.15, 0.2) is 0 Å². The molecule has 0 bridgehead atoms. The third-order valence-electron chi connectivity index (χ3n) is 5.63. The van der Waals surface area contributed by atoms with Gasteiger partial charge in [-0.15, -0.1) is 0 Å². The zero-order chi connectivity index (χ0) is 23.0. The Morgan fingerprint density at radius 3 is 2.44 bits per heavy atom. The molecule has 4 rings (SSSR count). The molecule has 0 N–H and O–H groups in total. The van der Waals surface area contributed by atoms with Crippen LogP contribution in [0, 0.1) is 13.8 Å². The number of carbonyl (C=O) groups excluding carboxylic acids is 1. The molecule has 1 aromatic heterocycles. The van der Waals surface area contributed by atoms with Gasteiger partial charge in [-0.05, 0) is 31.5 Å². The van der Waals surface area contributed by atoms with Crippen LogP contribution in [-0.4, -0.2) is 49.1 Å². The Bertz CT molecular complexity index is 1250. The van der Waals surface area contributed by atoms with Crippen LogP contribution in [0.25, 0.3) is 0 Å². The quantitative estimate of drug-likeness (QED) is 0.592. The normalized spacial score (nSPS) is 16.0. The molecule has 0 spiro atoms. The van der Waals surface area contributed by atoms with Crippen LogP contribution < -0.4 is 9.64 Å². The van der Waals surface area contributed by atoms with Crippen molar-refractivity contribution >= 4 is 21.6 Å². The highest BCUT2D eigenvalue weighted by atomic mass is 32.2. The van der Waals surface area contributed by atoms with Gasteiger partial charge in [-0.1, -0.05) is 42.5 Å². The first-order valence-corrected chi connectivity index (χ1v) is 11.7.